The first kappa shape index (κ1) is 18.8. The molecule has 0 radical (unpaired) electrons. The van der Waals surface area contributed by atoms with Crippen molar-refractivity contribution in [2.75, 3.05) is 5.32 Å². The van der Waals surface area contributed by atoms with Gasteiger partial charge in [0.15, 0.2) is 5.82 Å². The minimum Gasteiger partial charge on any atom is -0.351 e. The van der Waals surface area contributed by atoms with Crippen molar-refractivity contribution in [1.82, 2.24) is 19.7 Å². The van der Waals surface area contributed by atoms with Crippen LogP contribution in [0.15, 0.2) is 42.5 Å². The molecule has 0 bridgehead atoms. The third-order valence-electron chi connectivity index (χ3n) is 5.41. The highest BCUT2D eigenvalue weighted by atomic mass is 35.5. The monoisotopic (exact) mass is 423 g/mol. The lowest BCUT2D eigenvalue weighted by atomic mass is 10.1. The first-order chi connectivity index (χ1) is 14.6. The first-order valence-electron chi connectivity index (χ1n) is 9.90. The van der Waals surface area contributed by atoms with E-state index in [9.17, 15) is 9.18 Å². The molecule has 2 aromatic carbocycles. The summed E-state index contributed by atoms with van der Waals surface area (Å²) in [4.78, 5) is 15.8. The van der Waals surface area contributed by atoms with Crippen LogP contribution in [0.3, 0.4) is 0 Å². The number of hydrogen-bond donors (Lipinski definition) is 2. The van der Waals surface area contributed by atoms with Crippen LogP contribution in [-0.4, -0.2) is 25.7 Å². The number of aryl methyl sites for hydroxylation is 1. The molecule has 0 saturated carbocycles. The molecule has 0 fully saturated rings. The van der Waals surface area contributed by atoms with E-state index in [1.807, 2.05) is 0 Å². The number of aromatic nitrogens is 4. The van der Waals surface area contributed by atoms with Crippen LogP contribution in [0.25, 0.3) is 22.3 Å². The van der Waals surface area contributed by atoms with Crippen molar-refractivity contribution in [2.45, 2.75) is 32.2 Å². The molecule has 1 aliphatic rings. The van der Waals surface area contributed by atoms with Crippen LogP contribution in [0, 0.1) is 5.82 Å². The maximum atomic E-state index is 14.5. The number of H-pyrrole nitrogens is 1. The summed E-state index contributed by atoms with van der Waals surface area (Å²) in [5, 5.41) is 12.7. The summed E-state index contributed by atoms with van der Waals surface area (Å²) in [6.45, 7) is 0.842. The summed E-state index contributed by atoms with van der Waals surface area (Å²) in [7, 11) is 0. The highest BCUT2D eigenvalue weighted by molar-refractivity contribution is 6.31. The molecule has 152 valence electrons. The Morgan fingerprint density at radius 1 is 1.10 bits per heavy atom. The maximum absolute atomic E-state index is 14.5. The number of fused-ring (bicyclic) bond motifs is 2. The van der Waals surface area contributed by atoms with Gasteiger partial charge in [-0.25, -0.2) is 4.39 Å². The van der Waals surface area contributed by atoms with Crippen molar-refractivity contribution in [2.24, 2.45) is 0 Å². The number of benzene rings is 2. The van der Waals surface area contributed by atoms with Crippen molar-refractivity contribution in [3.63, 3.8) is 0 Å². The molecule has 0 aliphatic carbocycles. The summed E-state index contributed by atoms with van der Waals surface area (Å²) in [6, 6.07) is 11.6. The zero-order valence-electron chi connectivity index (χ0n) is 16.1. The van der Waals surface area contributed by atoms with E-state index in [2.05, 4.69) is 25.1 Å². The summed E-state index contributed by atoms with van der Waals surface area (Å²) >= 11 is 6.01. The summed E-state index contributed by atoms with van der Waals surface area (Å²) in [5.74, 6) is 0.706. The van der Waals surface area contributed by atoms with E-state index in [1.165, 1.54) is 6.07 Å². The third-order valence-corrected chi connectivity index (χ3v) is 5.64. The second-order valence-electron chi connectivity index (χ2n) is 7.47. The van der Waals surface area contributed by atoms with Crippen molar-refractivity contribution >= 4 is 34.1 Å². The second kappa shape index (κ2) is 7.57. The lowest BCUT2D eigenvalue weighted by Gasteiger charge is -2.10. The predicted octanol–water partition coefficient (Wildman–Crippen LogP) is 5.20. The van der Waals surface area contributed by atoms with Crippen molar-refractivity contribution in [1.29, 1.82) is 0 Å². The van der Waals surface area contributed by atoms with Gasteiger partial charge in [-0.3, -0.25) is 4.79 Å². The molecule has 1 aliphatic heterocycles. The number of carbonyl (C=O) groups excluding carboxylic acids is 1. The Morgan fingerprint density at radius 2 is 2.00 bits per heavy atom. The fourth-order valence-electron chi connectivity index (χ4n) is 3.87. The number of amides is 1. The van der Waals surface area contributed by atoms with Gasteiger partial charge in [0.25, 0.3) is 5.91 Å². The van der Waals surface area contributed by atoms with Gasteiger partial charge in [0, 0.05) is 34.5 Å². The number of carbonyl (C=O) groups is 1. The van der Waals surface area contributed by atoms with E-state index in [-0.39, 0.29) is 5.69 Å². The standard InChI is InChI=1S/C22H19ClFN5O/c23-15-6-8-17-14(10-15)12-19(25-17)22(30)26-18-11-13(5-7-16(18)24)21-28-27-20-4-2-1-3-9-29(20)21/h5-8,10-12,25H,1-4,9H2,(H,26,30). The first-order valence-corrected chi connectivity index (χ1v) is 10.3. The molecule has 2 aromatic heterocycles. The molecule has 0 atom stereocenters. The Labute approximate surface area is 177 Å². The fourth-order valence-corrected chi connectivity index (χ4v) is 4.05. The number of nitrogens with one attached hydrogen (secondary N) is 2. The number of halogens is 2. The molecule has 4 aromatic rings. The predicted molar refractivity (Wildman–Crippen MR) is 114 cm³/mol. The van der Waals surface area contributed by atoms with Gasteiger partial charge in [0.1, 0.15) is 17.3 Å². The lowest BCUT2D eigenvalue weighted by molar-refractivity contribution is 0.102. The largest absolute Gasteiger partial charge is 0.351 e. The molecule has 30 heavy (non-hydrogen) atoms. The molecular weight excluding hydrogens is 405 g/mol. The van der Waals surface area contributed by atoms with E-state index < -0.39 is 11.7 Å². The van der Waals surface area contributed by atoms with Crippen LogP contribution in [0.1, 0.15) is 35.6 Å². The number of nitrogens with zero attached hydrogens (tertiary/aromatic N) is 3. The number of anilines is 1. The number of rotatable bonds is 3. The molecule has 8 heteroatoms. The van der Waals surface area contributed by atoms with E-state index in [4.69, 9.17) is 11.6 Å². The van der Waals surface area contributed by atoms with Crippen LogP contribution in [0.4, 0.5) is 10.1 Å². The Bertz CT molecular complexity index is 1260. The fraction of sp³-hybridized carbons (Fsp3) is 0.227. The Balaban J connectivity index is 1.45. The van der Waals surface area contributed by atoms with Crippen LogP contribution >= 0.6 is 11.6 Å². The minimum absolute atomic E-state index is 0.0974. The van der Waals surface area contributed by atoms with Crippen molar-refractivity contribution in [3.05, 3.63) is 64.8 Å². The molecule has 0 unspecified atom stereocenters. The van der Waals surface area contributed by atoms with Gasteiger partial charge in [-0.1, -0.05) is 18.0 Å². The van der Waals surface area contributed by atoms with Gasteiger partial charge in [0.2, 0.25) is 0 Å². The zero-order valence-corrected chi connectivity index (χ0v) is 16.8. The molecule has 2 N–H and O–H groups in total. The molecule has 0 saturated heterocycles. The number of aromatic amines is 1. The van der Waals surface area contributed by atoms with Crippen LogP contribution in [0.5, 0.6) is 0 Å². The highest BCUT2D eigenvalue weighted by Crippen LogP contribution is 2.27. The van der Waals surface area contributed by atoms with E-state index >= 15 is 0 Å². The summed E-state index contributed by atoms with van der Waals surface area (Å²) in [6.07, 6.45) is 4.21. The van der Waals surface area contributed by atoms with E-state index in [0.717, 1.165) is 54.5 Å². The molecular formula is C22H19ClFN5O. The molecule has 0 spiro atoms. The topological polar surface area (TPSA) is 75.6 Å². The van der Waals surface area contributed by atoms with Crippen LogP contribution in [-0.2, 0) is 13.0 Å². The minimum atomic E-state index is -0.512. The Hall–Kier alpha value is -3.19. The average Bonchev–Trinajstić information content (AvgIpc) is 3.26. The van der Waals surface area contributed by atoms with E-state index in [0.29, 0.717) is 16.5 Å². The van der Waals surface area contributed by atoms with Gasteiger partial charge in [-0.2, -0.15) is 0 Å². The summed E-state index contributed by atoms with van der Waals surface area (Å²) < 4.78 is 16.6. The van der Waals surface area contributed by atoms with Crippen LogP contribution in [0.2, 0.25) is 5.02 Å². The maximum Gasteiger partial charge on any atom is 0.272 e. The SMILES string of the molecule is O=C(Nc1cc(-c2nnc3n2CCCCC3)ccc1F)c1cc2cc(Cl)ccc2[nH]1. The molecule has 3 heterocycles. The van der Waals surface area contributed by atoms with Crippen molar-refractivity contribution in [3.8, 4) is 11.4 Å². The smallest absolute Gasteiger partial charge is 0.272 e. The third kappa shape index (κ3) is 3.45. The highest BCUT2D eigenvalue weighted by Gasteiger charge is 2.18. The molecule has 5 rings (SSSR count). The molecule has 1 amide bonds. The van der Waals surface area contributed by atoms with Crippen molar-refractivity contribution < 1.29 is 9.18 Å². The Morgan fingerprint density at radius 3 is 2.90 bits per heavy atom. The van der Waals surface area contributed by atoms with Gasteiger partial charge >= 0.3 is 0 Å². The zero-order chi connectivity index (χ0) is 20.7. The normalized spacial score (nSPS) is 13.8. The van der Waals surface area contributed by atoms with Gasteiger partial charge in [-0.05, 0) is 55.3 Å². The van der Waals surface area contributed by atoms with Crippen LogP contribution < -0.4 is 5.32 Å². The van der Waals surface area contributed by atoms with E-state index in [1.54, 1.807) is 36.4 Å². The molecule has 6 nitrogen and oxygen atoms in total. The van der Waals surface area contributed by atoms with Gasteiger partial charge < -0.3 is 14.9 Å². The quantitative estimate of drug-likeness (QED) is 0.475. The average molecular weight is 424 g/mol. The number of hydrogen-bond acceptors (Lipinski definition) is 3. The van der Waals surface area contributed by atoms with Gasteiger partial charge in [0.05, 0.1) is 5.69 Å². The second-order valence-corrected chi connectivity index (χ2v) is 7.90. The Kier molecular flexibility index (Phi) is 4.75. The summed E-state index contributed by atoms with van der Waals surface area (Å²) in [5.41, 5.74) is 1.93. The lowest BCUT2D eigenvalue weighted by Crippen LogP contribution is -2.13. The van der Waals surface area contributed by atoms with Gasteiger partial charge in [-0.15, -0.1) is 10.2 Å².